The number of rotatable bonds is 5. The molecule has 4 nitrogen and oxygen atoms in total. The number of carbonyl (C=O) groups is 1. The molecule has 0 aliphatic rings. The predicted octanol–water partition coefficient (Wildman–Crippen LogP) is 1.15. The van der Waals surface area contributed by atoms with Gasteiger partial charge in [0.05, 0.1) is 11.6 Å². The van der Waals surface area contributed by atoms with Crippen LogP contribution in [0, 0.1) is 11.8 Å². The molecule has 0 spiro atoms. The molecule has 0 saturated carbocycles. The minimum atomic E-state index is -0.833. The summed E-state index contributed by atoms with van der Waals surface area (Å²) < 4.78 is 10.9. The van der Waals surface area contributed by atoms with Gasteiger partial charge < -0.3 is 11.1 Å². The maximum atomic E-state index is 11.9. The molecule has 0 aromatic heterocycles. The van der Waals surface area contributed by atoms with Gasteiger partial charge in [0.15, 0.2) is 0 Å². The van der Waals surface area contributed by atoms with Crippen LogP contribution < -0.4 is 11.1 Å². The SMILES string of the molecule is CS(=O)CCCNC(=O)c1ccc(C#CCN)c(Cl)c1. The average Bonchev–Trinajstić information content (AvgIpc) is 2.41. The summed E-state index contributed by atoms with van der Waals surface area (Å²) in [4.78, 5) is 11.9. The molecular weight excluding hydrogens is 296 g/mol. The third-order valence-electron chi connectivity index (χ3n) is 2.45. The average molecular weight is 313 g/mol. The van der Waals surface area contributed by atoms with Crippen LogP contribution in [0.4, 0.5) is 0 Å². The number of hydrogen-bond acceptors (Lipinski definition) is 3. The van der Waals surface area contributed by atoms with E-state index in [1.54, 1.807) is 24.5 Å². The third kappa shape index (κ3) is 5.74. The first-order valence-electron chi connectivity index (χ1n) is 6.11. The van der Waals surface area contributed by atoms with E-state index in [0.717, 1.165) is 0 Å². The van der Waals surface area contributed by atoms with Gasteiger partial charge in [0.2, 0.25) is 0 Å². The van der Waals surface area contributed by atoms with E-state index in [1.807, 2.05) is 0 Å². The van der Waals surface area contributed by atoms with Crippen LogP contribution in [0.15, 0.2) is 18.2 Å². The van der Waals surface area contributed by atoms with Gasteiger partial charge in [-0.3, -0.25) is 9.00 Å². The van der Waals surface area contributed by atoms with Crippen molar-refractivity contribution in [2.75, 3.05) is 25.1 Å². The first-order chi connectivity index (χ1) is 9.54. The van der Waals surface area contributed by atoms with Crippen molar-refractivity contribution in [3.05, 3.63) is 34.3 Å². The van der Waals surface area contributed by atoms with Crippen molar-refractivity contribution in [2.45, 2.75) is 6.42 Å². The molecule has 0 heterocycles. The molecule has 108 valence electrons. The second-order valence-corrected chi connectivity index (χ2v) is 6.05. The summed E-state index contributed by atoms with van der Waals surface area (Å²) in [7, 11) is -0.833. The number of hydrogen-bond donors (Lipinski definition) is 2. The summed E-state index contributed by atoms with van der Waals surface area (Å²) in [5.74, 6) is 5.92. The highest BCUT2D eigenvalue weighted by Gasteiger charge is 2.07. The Morgan fingerprint density at radius 2 is 2.25 bits per heavy atom. The van der Waals surface area contributed by atoms with Gasteiger partial charge >= 0.3 is 0 Å². The Bertz CT molecular complexity index is 564. The number of carbonyl (C=O) groups excluding carboxylic acids is 1. The van der Waals surface area contributed by atoms with Crippen LogP contribution in [0.5, 0.6) is 0 Å². The molecule has 0 saturated heterocycles. The van der Waals surface area contributed by atoms with E-state index < -0.39 is 10.8 Å². The van der Waals surface area contributed by atoms with Gasteiger partial charge in [-0.15, -0.1) is 0 Å². The molecule has 1 amide bonds. The van der Waals surface area contributed by atoms with Crippen molar-refractivity contribution >= 4 is 28.3 Å². The lowest BCUT2D eigenvalue weighted by Crippen LogP contribution is -2.25. The summed E-state index contributed by atoms with van der Waals surface area (Å²) in [6, 6.07) is 4.94. The van der Waals surface area contributed by atoms with Gasteiger partial charge in [-0.25, -0.2) is 0 Å². The quantitative estimate of drug-likeness (QED) is 0.633. The normalized spacial score (nSPS) is 11.3. The number of benzene rings is 1. The Hall–Kier alpha value is -1.35. The highest BCUT2D eigenvalue weighted by molar-refractivity contribution is 7.84. The summed E-state index contributed by atoms with van der Waals surface area (Å²) in [6.07, 6.45) is 2.32. The van der Waals surface area contributed by atoms with Crippen molar-refractivity contribution < 1.29 is 9.00 Å². The molecule has 1 aromatic carbocycles. The Balaban J connectivity index is 2.61. The van der Waals surface area contributed by atoms with Crippen molar-refractivity contribution in [1.82, 2.24) is 5.32 Å². The number of nitrogens with two attached hydrogens (primary N) is 1. The second kappa shape index (κ2) is 8.75. The summed E-state index contributed by atoms with van der Waals surface area (Å²) >= 11 is 6.05. The highest BCUT2D eigenvalue weighted by Crippen LogP contribution is 2.16. The van der Waals surface area contributed by atoms with Gasteiger partial charge in [0, 0.05) is 40.5 Å². The molecule has 0 radical (unpaired) electrons. The van der Waals surface area contributed by atoms with Crippen molar-refractivity contribution in [1.29, 1.82) is 0 Å². The Labute approximate surface area is 126 Å². The molecule has 0 bridgehead atoms. The largest absolute Gasteiger partial charge is 0.352 e. The smallest absolute Gasteiger partial charge is 0.251 e. The van der Waals surface area contributed by atoms with Crippen LogP contribution in [0.1, 0.15) is 22.3 Å². The number of amides is 1. The van der Waals surface area contributed by atoms with Crippen molar-refractivity contribution in [2.24, 2.45) is 5.73 Å². The van der Waals surface area contributed by atoms with E-state index in [9.17, 15) is 9.00 Å². The number of halogens is 1. The van der Waals surface area contributed by atoms with Gasteiger partial charge in [-0.2, -0.15) is 0 Å². The second-order valence-electron chi connectivity index (χ2n) is 4.09. The van der Waals surface area contributed by atoms with E-state index in [0.29, 0.717) is 34.9 Å². The lowest BCUT2D eigenvalue weighted by Gasteiger charge is -2.05. The molecule has 6 heteroatoms. The molecule has 0 aliphatic heterocycles. The highest BCUT2D eigenvalue weighted by atomic mass is 35.5. The monoisotopic (exact) mass is 312 g/mol. The van der Waals surface area contributed by atoms with Crippen LogP contribution in [0.3, 0.4) is 0 Å². The zero-order valence-electron chi connectivity index (χ0n) is 11.2. The fourth-order valence-electron chi connectivity index (χ4n) is 1.48. The Morgan fingerprint density at radius 1 is 1.50 bits per heavy atom. The van der Waals surface area contributed by atoms with Gasteiger partial charge in [0.25, 0.3) is 5.91 Å². The molecule has 1 unspecified atom stereocenters. The van der Waals surface area contributed by atoms with Crippen LogP contribution in [-0.4, -0.2) is 35.2 Å². The van der Waals surface area contributed by atoms with E-state index in [1.165, 1.54) is 0 Å². The van der Waals surface area contributed by atoms with Crippen molar-refractivity contribution in [3.63, 3.8) is 0 Å². The standard InChI is InChI=1S/C14H17ClN2O2S/c1-20(19)9-3-8-17-14(18)12-6-5-11(4-2-7-16)13(15)10-12/h5-6,10H,3,7-9,16H2,1H3,(H,17,18). The molecule has 0 fully saturated rings. The summed E-state index contributed by atoms with van der Waals surface area (Å²) in [5.41, 5.74) is 6.42. The van der Waals surface area contributed by atoms with Gasteiger partial charge in [-0.05, 0) is 24.6 Å². The third-order valence-corrected chi connectivity index (χ3v) is 3.63. The minimum absolute atomic E-state index is 0.202. The lowest BCUT2D eigenvalue weighted by atomic mass is 10.1. The maximum absolute atomic E-state index is 11.9. The molecule has 0 aliphatic carbocycles. The predicted molar refractivity (Wildman–Crippen MR) is 83.3 cm³/mol. The zero-order chi connectivity index (χ0) is 15.0. The van der Waals surface area contributed by atoms with E-state index in [-0.39, 0.29) is 12.5 Å². The van der Waals surface area contributed by atoms with E-state index in [2.05, 4.69) is 17.2 Å². The molecule has 20 heavy (non-hydrogen) atoms. The first-order valence-corrected chi connectivity index (χ1v) is 8.22. The van der Waals surface area contributed by atoms with Crippen LogP contribution >= 0.6 is 11.6 Å². The molecule has 1 atom stereocenters. The van der Waals surface area contributed by atoms with Gasteiger partial charge in [-0.1, -0.05) is 23.4 Å². The fraction of sp³-hybridized carbons (Fsp3) is 0.357. The molecule has 1 rings (SSSR count). The maximum Gasteiger partial charge on any atom is 0.251 e. The van der Waals surface area contributed by atoms with E-state index >= 15 is 0 Å². The summed E-state index contributed by atoms with van der Waals surface area (Å²) in [5, 5.41) is 3.18. The molecule has 1 aromatic rings. The Kier molecular flexibility index (Phi) is 7.31. The van der Waals surface area contributed by atoms with Gasteiger partial charge in [0.1, 0.15) is 0 Å². The lowest BCUT2D eigenvalue weighted by molar-refractivity contribution is 0.0953. The summed E-state index contributed by atoms with van der Waals surface area (Å²) in [6.45, 7) is 0.752. The zero-order valence-corrected chi connectivity index (χ0v) is 12.8. The topological polar surface area (TPSA) is 72.2 Å². The van der Waals surface area contributed by atoms with Crippen LogP contribution in [0.2, 0.25) is 5.02 Å². The Morgan fingerprint density at radius 3 is 2.85 bits per heavy atom. The van der Waals surface area contributed by atoms with E-state index in [4.69, 9.17) is 17.3 Å². The minimum Gasteiger partial charge on any atom is -0.352 e. The van der Waals surface area contributed by atoms with Crippen LogP contribution in [-0.2, 0) is 10.8 Å². The van der Waals surface area contributed by atoms with Crippen LogP contribution in [0.25, 0.3) is 0 Å². The molecule has 3 N–H and O–H groups in total. The molecular formula is C14H17ClN2O2S. The number of nitrogens with one attached hydrogen (secondary N) is 1. The first kappa shape index (κ1) is 16.7. The fourth-order valence-corrected chi connectivity index (χ4v) is 2.26. The van der Waals surface area contributed by atoms with Crippen molar-refractivity contribution in [3.8, 4) is 11.8 Å².